The molecule has 0 saturated heterocycles. The molecule has 0 unspecified atom stereocenters. The maximum absolute atomic E-state index is 12.3. The molecule has 2 aromatic heterocycles. The molecular weight excluding hydrogens is 304 g/mol. The lowest BCUT2D eigenvalue weighted by molar-refractivity contribution is 0.1000. The van der Waals surface area contributed by atoms with Gasteiger partial charge in [0, 0.05) is 34.6 Å². The molecule has 0 aliphatic carbocycles. The van der Waals surface area contributed by atoms with Gasteiger partial charge in [-0.25, -0.2) is 4.68 Å². The van der Waals surface area contributed by atoms with Crippen molar-refractivity contribution < 1.29 is 4.79 Å². The first-order valence-electron chi connectivity index (χ1n) is 7.42. The van der Waals surface area contributed by atoms with Crippen LogP contribution in [0.2, 0.25) is 0 Å². The molecule has 0 bridgehead atoms. The number of carbonyl (C=O) groups excluding carboxylic acids is 1. The smallest absolute Gasteiger partial charge is 0.267 e. The number of hydrogen-bond acceptors (Lipinski definition) is 4. The van der Waals surface area contributed by atoms with Crippen LogP contribution in [-0.2, 0) is 6.54 Å². The van der Waals surface area contributed by atoms with E-state index in [4.69, 9.17) is 5.73 Å². The van der Waals surface area contributed by atoms with E-state index >= 15 is 0 Å². The molecule has 0 saturated carbocycles. The molecule has 0 fully saturated rings. The second-order valence-corrected chi connectivity index (χ2v) is 5.44. The first kappa shape index (κ1) is 15.6. The number of hydrogen-bond donors (Lipinski definition) is 1. The Morgan fingerprint density at radius 1 is 1.21 bits per heavy atom. The van der Waals surface area contributed by atoms with Gasteiger partial charge in [-0.05, 0) is 30.7 Å². The zero-order valence-corrected chi connectivity index (χ0v) is 13.1. The van der Waals surface area contributed by atoms with Crippen LogP contribution in [0, 0.1) is 6.92 Å². The van der Waals surface area contributed by atoms with Crippen molar-refractivity contribution in [1.29, 1.82) is 0 Å². The number of primary amides is 1. The Morgan fingerprint density at radius 3 is 2.75 bits per heavy atom. The zero-order chi connectivity index (χ0) is 17.1. The topological polar surface area (TPSA) is 90.9 Å². The fraction of sp³-hybridized carbons (Fsp3) is 0.111. The van der Waals surface area contributed by atoms with E-state index in [1.807, 2.05) is 25.1 Å². The number of nitrogens with zero attached hydrogens (tertiary/aromatic N) is 3. The fourth-order valence-electron chi connectivity index (χ4n) is 2.48. The molecule has 24 heavy (non-hydrogen) atoms. The van der Waals surface area contributed by atoms with Crippen molar-refractivity contribution in [2.24, 2.45) is 5.73 Å². The van der Waals surface area contributed by atoms with Crippen LogP contribution in [0.5, 0.6) is 0 Å². The largest absolute Gasteiger partial charge is 0.366 e. The quantitative estimate of drug-likeness (QED) is 0.793. The minimum absolute atomic E-state index is 0.222. The molecule has 1 amide bonds. The number of rotatable bonds is 4. The van der Waals surface area contributed by atoms with Crippen molar-refractivity contribution >= 4 is 5.91 Å². The lowest BCUT2D eigenvalue weighted by Gasteiger charge is -2.08. The van der Waals surface area contributed by atoms with Crippen molar-refractivity contribution in [3.8, 4) is 11.1 Å². The molecule has 120 valence electrons. The van der Waals surface area contributed by atoms with E-state index in [-0.39, 0.29) is 12.1 Å². The van der Waals surface area contributed by atoms with Gasteiger partial charge in [0.15, 0.2) is 0 Å². The number of benzene rings is 1. The summed E-state index contributed by atoms with van der Waals surface area (Å²) in [4.78, 5) is 27.8. The van der Waals surface area contributed by atoms with Crippen LogP contribution >= 0.6 is 0 Å². The normalized spacial score (nSPS) is 10.5. The van der Waals surface area contributed by atoms with Gasteiger partial charge in [-0.2, -0.15) is 5.10 Å². The van der Waals surface area contributed by atoms with E-state index in [1.54, 1.807) is 30.6 Å². The van der Waals surface area contributed by atoms with E-state index in [1.165, 1.54) is 10.7 Å². The van der Waals surface area contributed by atoms with E-state index in [0.29, 0.717) is 5.56 Å². The standard InChI is InChI=1S/C18H16N4O2/c1-12-16(6-3-7-20-12)15-9-17(23)22(21-10-15)11-13-4-2-5-14(8-13)18(19)24/h2-10H,11H2,1H3,(H2,19,24). The van der Waals surface area contributed by atoms with Crippen molar-refractivity contribution in [2.75, 3.05) is 0 Å². The average Bonchev–Trinajstić information content (AvgIpc) is 2.57. The number of aromatic nitrogens is 3. The first-order chi connectivity index (χ1) is 11.5. The predicted molar refractivity (Wildman–Crippen MR) is 90.5 cm³/mol. The fourth-order valence-corrected chi connectivity index (χ4v) is 2.48. The van der Waals surface area contributed by atoms with Gasteiger partial charge in [-0.3, -0.25) is 14.6 Å². The highest BCUT2D eigenvalue weighted by Crippen LogP contribution is 2.18. The van der Waals surface area contributed by atoms with Crippen molar-refractivity contribution in [1.82, 2.24) is 14.8 Å². The third-order valence-corrected chi connectivity index (χ3v) is 3.73. The second kappa shape index (κ2) is 6.45. The molecule has 2 heterocycles. The van der Waals surface area contributed by atoms with Crippen LogP contribution < -0.4 is 11.3 Å². The summed E-state index contributed by atoms with van der Waals surface area (Å²) >= 11 is 0. The summed E-state index contributed by atoms with van der Waals surface area (Å²) in [6, 6.07) is 12.1. The molecular formula is C18H16N4O2. The first-order valence-corrected chi connectivity index (χ1v) is 7.42. The maximum Gasteiger partial charge on any atom is 0.267 e. The minimum atomic E-state index is -0.500. The number of nitrogens with two attached hydrogens (primary N) is 1. The summed E-state index contributed by atoms with van der Waals surface area (Å²) in [5.41, 5.74) is 8.69. The average molecular weight is 320 g/mol. The van der Waals surface area contributed by atoms with Crippen molar-refractivity contribution in [2.45, 2.75) is 13.5 Å². The van der Waals surface area contributed by atoms with Gasteiger partial charge in [0.05, 0.1) is 12.7 Å². The van der Waals surface area contributed by atoms with Gasteiger partial charge in [0.25, 0.3) is 5.56 Å². The molecule has 6 heteroatoms. The molecule has 2 N–H and O–H groups in total. The van der Waals surface area contributed by atoms with Gasteiger partial charge in [-0.1, -0.05) is 18.2 Å². The zero-order valence-electron chi connectivity index (χ0n) is 13.1. The lowest BCUT2D eigenvalue weighted by atomic mass is 10.1. The SMILES string of the molecule is Cc1ncccc1-c1cnn(Cc2cccc(C(N)=O)c2)c(=O)c1. The summed E-state index contributed by atoms with van der Waals surface area (Å²) in [7, 11) is 0. The van der Waals surface area contributed by atoms with E-state index < -0.39 is 5.91 Å². The molecule has 0 atom stereocenters. The molecule has 0 radical (unpaired) electrons. The van der Waals surface area contributed by atoms with Crippen LogP contribution in [0.25, 0.3) is 11.1 Å². The van der Waals surface area contributed by atoms with Crippen molar-refractivity contribution in [3.05, 3.63) is 82.0 Å². The number of aryl methyl sites for hydroxylation is 1. The minimum Gasteiger partial charge on any atom is -0.366 e. The third kappa shape index (κ3) is 3.22. The number of pyridine rings is 1. The Morgan fingerprint density at radius 2 is 2.04 bits per heavy atom. The molecule has 6 nitrogen and oxygen atoms in total. The van der Waals surface area contributed by atoms with Gasteiger partial charge < -0.3 is 5.73 Å². The van der Waals surface area contributed by atoms with Crippen LogP contribution in [0.15, 0.2) is 59.7 Å². The van der Waals surface area contributed by atoms with Gasteiger partial charge >= 0.3 is 0 Å². The van der Waals surface area contributed by atoms with E-state index in [9.17, 15) is 9.59 Å². The summed E-state index contributed by atoms with van der Waals surface area (Å²) < 4.78 is 1.34. The van der Waals surface area contributed by atoms with Crippen LogP contribution in [0.1, 0.15) is 21.6 Å². The molecule has 3 aromatic rings. The highest BCUT2D eigenvalue weighted by atomic mass is 16.1. The third-order valence-electron chi connectivity index (χ3n) is 3.73. The number of amides is 1. The Balaban J connectivity index is 1.91. The van der Waals surface area contributed by atoms with Crippen molar-refractivity contribution in [3.63, 3.8) is 0 Å². The van der Waals surface area contributed by atoms with Gasteiger partial charge in [0.1, 0.15) is 0 Å². The van der Waals surface area contributed by atoms with Crippen LogP contribution in [0.3, 0.4) is 0 Å². The molecule has 1 aromatic carbocycles. The highest BCUT2D eigenvalue weighted by molar-refractivity contribution is 5.92. The Hall–Kier alpha value is -3.28. The summed E-state index contributed by atoms with van der Waals surface area (Å²) in [6.07, 6.45) is 3.35. The second-order valence-electron chi connectivity index (χ2n) is 5.44. The molecule has 0 aliphatic heterocycles. The summed E-state index contributed by atoms with van der Waals surface area (Å²) in [6.45, 7) is 2.16. The summed E-state index contributed by atoms with van der Waals surface area (Å²) in [5.74, 6) is -0.500. The Bertz CT molecular complexity index is 963. The molecule has 0 spiro atoms. The monoisotopic (exact) mass is 320 g/mol. The number of carbonyl (C=O) groups is 1. The maximum atomic E-state index is 12.3. The van der Waals surface area contributed by atoms with E-state index in [0.717, 1.165) is 22.4 Å². The lowest BCUT2D eigenvalue weighted by Crippen LogP contribution is -2.23. The highest BCUT2D eigenvalue weighted by Gasteiger charge is 2.07. The molecule has 0 aliphatic rings. The van der Waals surface area contributed by atoms with Crippen LogP contribution in [0.4, 0.5) is 0 Å². The van der Waals surface area contributed by atoms with Crippen LogP contribution in [-0.4, -0.2) is 20.7 Å². The van der Waals surface area contributed by atoms with E-state index in [2.05, 4.69) is 10.1 Å². The summed E-state index contributed by atoms with van der Waals surface area (Å²) in [5, 5.41) is 4.23. The Labute approximate surface area is 138 Å². The Kier molecular flexibility index (Phi) is 4.20. The molecule has 3 rings (SSSR count). The van der Waals surface area contributed by atoms with Gasteiger partial charge in [-0.15, -0.1) is 0 Å². The van der Waals surface area contributed by atoms with Gasteiger partial charge in [0.2, 0.25) is 5.91 Å². The predicted octanol–water partition coefficient (Wildman–Crippen LogP) is 1.76.